The zero-order valence-corrected chi connectivity index (χ0v) is 19.9. The van der Waals surface area contributed by atoms with Gasteiger partial charge in [0.1, 0.15) is 11.6 Å². The van der Waals surface area contributed by atoms with E-state index < -0.39 is 23.6 Å². The van der Waals surface area contributed by atoms with Gasteiger partial charge in [-0.3, -0.25) is 15.6 Å². The number of aromatic nitrogens is 2. The number of anilines is 2. The highest BCUT2D eigenvalue weighted by molar-refractivity contribution is 6.04. The van der Waals surface area contributed by atoms with Gasteiger partial charge in [0.25, 0.3) is 0 Å². The number of urea groups is 1. The average Bonchev–Trinajstić information content (AvgIpc) is 3.28. The van der Waals surface area contributed by atoms with Gasteiger partial charge in [-0.2, -0.15) is 13.2 Å². The maximum atomic E-state index is 15.2. The fourth-order valence-corrected chi connectivity index (χ4v) is 3.90. The van der Waals surface area contributed by atoms with Crippen LogP contribution in [0, 0.1) is 11.2 Å². The number of pyridine rings is 1. The summed E-state index contributed by atoms with van der Waals surface area (Å²) in [4.78, 5) is 25.0. The molecule has 200 valence electrons. The summed E-state index contributed by atoms with van der Waals surface area (Å²) >= 11 is 0. The van der Waals surface area contributed by atoms with Crippen LogP contribution in [0.1, 0.15) is 17.0 Å². The van der Waals surface area contributed by atoms with Crippen LogP contribution in [0.2, 0.25) is 0 Å². The number of alkyl halides is 3. The number of nitrogens with zero attached hydrogens (tertiary/aromatic N) is 3. The predicted octanol–water partition coefficient (Wildman–Crippen LogP) is 4.02. The molecule has 0 aliphatic carbocycles. The van der Waals surface area contributed by atoms with E-state index in [0.717, 1.165) is 43.5 Å². The number of carbonyl (C=O) groups is 1. The molecule has 1 aromatic carbocycles. The molecule has 0 spiro atoms. The van der Waals surface area contributed by atoms with Crippen molar-refractivity contribution < 1.29 is 27.1 Å². The molecular weight excluding hydrogens is 508 g/mol. The van der Waals surface area contributed by atoms with Gasteiger partial charge in [-0.15, -0.1) is 0 Å². The molecule has 3 aromatic rings. The first kappa shape index (κ1) is 26.8. The van der Waals surface area contributed by atoms with E-state index in [4.69, 9.17) is 15.9 Å². The number of amidine groups is 1. The molecule has 4 rings (SSSR count). The summed E-state index contributed by atoms with van der Waals surface area (Å²) in [5, 5.41) is 12.8. The van der Waals surface area contributed by atoms with E-state index in [1.165, 1.54) is 12.1 Å². The molecule has 38 heavy (non-hydrogen) atoms. The van der Waals surface area contributed by atoms with Crippen molar-refractivity contribution in [3.05, 3.63) is 65.4 Å². The van der Waals surface area contributed by atoms with Crippen molar-refractivity contribution in [3.63, 3.8) is 0 Å². The second-order valence-electron chi connectivity index (χ2n) is 8.30. The topological polar surface area (TPSA) is 145 Å². The molecule has 0 radical (unpaired) electrons. The molecule has 3 heterocycles. The van der Waals surface area contributed by atoms with Gasteiger partial charge in [-0.25, -0.2) is 19.2 Å². The summed E-state index contributed by atoms with van der Waals surface area (Å²) in [6.45, 7) is 3.20. The molecule has 0 atom stereocenters. The number of halogens is 4. The van der Waals surface area contributed by atoms with Crippen LogP contribution in [-0.2, 0) is 17.5 Å². The van der Waals surface area contributed by atoms with Crippen LogP contribution < -0.4 is 16.4 Å². The number of carbonyl (C=O) groups excluding carboxylic acids is 1. The fourth-order valence-electron chi connectivity index (χ4n) is 3.90. The lowest BCUT2D eigenvalue weighted by atomic mass is 10.0. The Bertz CT molecular complexity index is 1350. The minimum atomic E-state index is -4.60. The molecule has 1 fully saturated rings. The van der Waals surface area contributed by atoms with Gasteiger partial charge in [0.2, 0.25) is 0 Å². The third-order valence-corrected chi connectivity index (χ3v) is 5.66. The average molecular weight is 533 g/mol. The number of H-pyrrole nitrogens is 1. The fraction of sp³-hybridized carbons (Fsp3) is 0.250. The van der Waals surface area contributed by atoms with Gasteiger partial charge in [-0.05, 0) is 36.4 Å². The molecule has 14 heteroatoms. The number of benzene rings is 1. The first-order valence-corrected chi connectivity index (χ1v) is 11.4. The lowest BCUT2D eigenvalue weighted by molar-refractivity contribution is -0.137. The number of nitrogens with two attached hydrogens (primary N) is 1. The molecule has 0 saturated carbocycles. The monoisotopic (exact) mass is 532 g/mol. The Morgan fingerprint density at radius 3 is 2.63 bits per heavy atom. The third kappa shape index (κ3) is 6.52. The summed E-state index contributed by atoms with van der Waals surface area (Å²) in [5.74, 6) is -1.22. The Balaban J connectivity index is 1.53. The molecule has 6 N–H and O–H groups in total. The summed E-state index contributed by atoms with van der Waals surface area (Å²) in [6.07, 6.45) is -2.71. The standard InChI is InChI=1S/C24H24F4N8O2/c25-19-11-15(34-23(37)35-20-9-14(3-4-31-20)24(26,27)28)1-2-17(19)18-10-16(12-36-5-7-38-8-6-36)33-21(18)22(30)32-13-29/h1-4,9-11,13,33H,5-8,12H2,(H3,29,30,32)(H2,31,34,35,37). The minimum Gasteiger partial charge on any atom is -0.390 e. The second-order valence-corrected chi connectivity index (χ2v) is 8.30. The second kappa shape index (κ2) is 11.4. The number of ether oxygens (including phenoxy) is 1. The van der Waals surface area contributed by atoms with Crippen molar-refractivity contribution >= 4 is 29.7 Å². The van der Waals surface area contributed by atoms with Crippen molar-refractivity contribution in [2.45, 2.75) is 12.7 Å². The van der Waals surface area contributed by atoms with Crippen molar-refractivity contribution in [2.24, 2.45) is 10.7 Å². The van der Waals surface area contributed by atoms with Crippen LogP contribution in [0.25, 0.3) is 11.1 Å². The molecule has 0 bridgehead atoms. The van der Waals surface area contributed by atoms with Gasteiger partial charge in [0.15, 0.2) is 5.84 Å². The molecule has 10 nitrogen and oxygen atoms in total. The SMILES string of the molecule is N=C(N=CN)c1[nH]c(CN2CCOCC2)cc1-c1ccc(NC(=O)Nc2cc(C(F)(F)F)ccn2)cc1F. The van der Waals surface area contributed by atoms with E-state index in [0.29, 0.717) is 31.4 Å². The predicted molar refractivity (Wildman–Crippen MR) is 134 cm³/mol. The van der Waals surface area contributed by atoms with Crippen LogP contribution in [0.5, 0.6) is 0 Å². The Hall–Kier alpha value is -4.30. The van der Waals surface area contributed by atoms with Gasteiger partial charge in [-0.1, -0.05) is 0 Å². The van der Waals surface area contributed by atoms with Gasteiger partial charge >= 0.3 is 12.2 Å². The highest BCUT2D eigenvalue weighted by atomic mass is 19.4. The van der Waals surface area contributed by atoms with E-state index in [2.05, 4.69) is 30.5 Å². The number of hydrogen-bond acceptors (Lipinski definition) is 5. The molecule has 1 aliphatic rings. The third-order valence-electron chi connectivity index (χ3n) is 5.66. The molecular formula is C24H24F4N8O2. The van der Waals surface area contributed by atoms with Crippen LogP contribution >= 0.6 is 0 Å². The van der Waals surface area contributed by atoms with Crippen molar-refractivity contribution in [2.75, 3.05) is 36.9 Å². The molecule has 2 amide bonds. The number of morpholine rings is 1. The molecule has 0 unspecified atom stereocenters. The number of nitrogens with one attached hydrogen (secondary N) is 4. The van der Waals surface area contributed by atoms with Crippen molar-refractivity contribution in [1.29, 1.82) is 5.41 Å². The first-order chi connectivity index (χ1) is 18.1. The van der Waals surface area contributed by atoms with E-state index in [9.17, 15) is 18.0 Å². The van der Waals surface area contributed by atoms with E-state index in [-0.39, 0.29) is 28.6 Å². The highest BCUT2D eigenvalue weighted by Gasteiger charge is 2.31. The van der Waals surface area contributed by atoms with Gasteiger partial charge in [0.05, 0.1) is 30.8 Å². The Labute approximate surface area is 214 Å². The Morgan fingerprint density at radius 1 is 1.18 bits per heavy atom. The number of aliphatic imine (C=N–C) groups is 1. The normalized spacial score (nSPS) is 14.5. The maximum absolute atomic E-state index is 15.2. The van der Waals surface area contributed by atoms with Gasteiger partial charge < -0.3 is 20.8 Å². The Kier molecular flexibility index (Phi) is 8.02. The number of amides is 2. The first-order valence-electron chi connectivity index (χ1n) is 11.4. The van der Waals surface area contributed by atoms with Gasteiger partial charge in [0, 0.05) is 48.3 Å². The molecule has 2 aromatic heterocycles. The summed E-state index contributed by atoms with van der Waals surface area (Å²) in [6, 6.07) is 6.18. The van der Waals surface area contributed by atoms with Crippen LogP contribution in [0.4, 0.5) is 33.9 Å². The van der Waals surface area contributed by atoms with E-state index >= 15 is 4.39 Å². The lowest BCUT2D eigenvalue weighted by Crippen LogP contribution is -2.35. The summed E-state index contributed by atoms with van der Waals surface area (Å²) < 4.78 is 59.2. The quantitative estimate of drug-likeness (QED) is 0.185. The van der Waals surface area contributed by atoms with Crippen molar-refractivity contribution in [3.8, 4) is 11.1 Å². The number of rotatable bonds is 6. The highest BCUT2D eigenvalue weighted by Crippen LogP contribution is 2.31. The molecule has 1 saturated heterocycles. The maximum Gasteiger partial charge on any atom is 0.416 e. The zero-order chi connectivity index (χ0) is 27.3. The van der Waals surface area contributed by atoms with Crippen LogP contribution in [0.3, 0.4) is 0 Å². The van der Waals surface area contributed by atoms with Crippen molar-refractivity contribution in [1.82, 2.24) is 14.9 Å². The lowest BCUT2D eigenvalue weighted by Gasteiger charge is -2.25. The summed E-state index contributed by atoms with van der Waals surface area (Å²) in [7, 11) is 0. The van der Waals surface area contributed by atoms with E-state index in [1.54, 1.807) is 6.07 Å². The smallest absolute Gasteiger partial charge is 0.390 e. The Morgan fingerprint density at radius 2 is 1.95 bits per heavy atom. The zero-order valence-electron chi connectivity index (χ0n) is 19.9. The largest absolute Gasteiger partial charge is 0.416 e. The number of hydrogen-bond donors (Lipinski definition) is 5. The minimum absolute atomic E-state index is 0.0522. The van der Waals surface area contributed by atoms with Crippen LogP contribution in [0.15, 0.2) is 47.6 Å². The van der Waals surface area contributed by atoms with E-state index in [1.807, 2.05) is 0 Å². The molecule has 1 aliphatic heterocycles. The van der Waals surface area contributed by atoms with Crippen LogP contribution in [-0.4, -0.2) is 59.4 Å². The number of aromatic amines is 1. The summed E-state index contributed by atoms with van der Waals surface area (Å²) in [5.41, 5.74) is 5.95.